The Bertz CT molecular complexity index is 235. The summed E-state index contributed by atoms with van der Waals surface area (Å²) in [4.78, 5) is 22.1. The van der Waals surface area contributed by atoms with Crippen LogP contribution in [0.2, 0.25) is 0 Å². The second-order valence-electron chi connectivity index (χ2n) is 2.85. The molecule has 1 N–H and O–H groups in total. The van der Waals surface area contributed by atoms with E-state index in [1.54, 1.807) is 12.2 Å². The third-order valence-corrected chi connectivity index (χ3v) is 1.81. The van der Waals surface area contributed by atoms with E-state index in [0.29, 0.717) is 19.4 Å². The van der Waals surface area contributed by atoms with E-state index in [-0.39, 0.29) is 11.9 Å². The molecular weight excluding hydrogens is 170 g/mol. The molecule has 0 spiro atoms. The van der Waals surface area contributed by atoms with Crippen LogP contribution in [0.3, 0.4) is 0 Å². The van der Waals surface area contributed by atoms with Crippen LogP contribution in [0, 0.1) is 0 Å². The van der Waals surface area contributed by atoms with Crippen LogP contribution in [0.1, 0.15) is 19.8 Å². The van der Waals surface area contributed by atoms with E-state index in [0.717, 1.165) is 0 Å². The lowest BCUT2D eigenvalue weighted by Gasteiger charge is -2.06. The number of hydrogen-bond donors (Lipinski definition) is 1. The Morgan fingerprint density at radius 2 is 2.54 bits per heavy atom. The number of amides is 1. The van der Waals surface area contributed by atoms with Gasteiger partial charge in [-0.2, -0.15) is 0 Å². The minimum Gasteiger partial charge on any atom is -0.464 e. The molecule has 1 aliphatic rings. The third-order valence-electron chi connectivity index (χ3n) is 1.81. The van der Waals surface area contributed by atoms with Crippen LogP contribution in [-0.2, 0) is 14.3 Å². The van der Waals surface area contributed by atoms with E-state index in [9.17, 15) is 9.59 Å². The first-order valence-electron chi connectivity index (χ1n) is 4.31. The van der Waals surface area contributed by atoms with Gasteiger partial charge in [0.2, 0.25) is 5.91 Å². The van der Waals surface area contributed by atoms with E-state index in [1.165, 1.54) is 0 Å². The molecule has 4 heteroatoms. The average Bonchev–Trinajstić information content (AvgIpc) is 2.48. The SMILES string of the molecule is C/C=C/CC(=O)N[C@H]1CCOC1=O. The van der Waals surface area contributed by atoms with Gasteiger partial charge < -0.3 is 10.1 Å². The molecular formula is C9H13NO3. The molecule has 0 aliphatic carbocycles. The van der Waals surface area contributed by atoms with Crippen molar-refractivity contribution >= 4 is 11.9 Å². The quantitative estimate of drug-likeness (QED) is 0.508. The molecule has 1 amide bonds. The Labute approximate surface area is 76.9 Å². The Morgan fingerprint density at radius 1 is 1.77 bits per heavy atom. The summed E-state index contributed by atoms with van der Waals surface area (Å²) < 4.78 is 4.70. The molecule has 1 fully saturated rings. The van der Waals surface area contributed by atoms with Crippen molar-refractivity contribution in [2.75, 3.05) is 6.61 Å². The van der Waals surface area contributed by atoms with Crippen LogP contribution in [-0.4, -0.2) is 24.5 Å². The number of rotatable bonds is 3. The monoisotopic (exact) mass is 183 g/mol. The summed E-state index contributed by atoms with van der Waals surface area (Å²) >= 11 is 0. The number of carbonyl (C=O) groups is 2. The Hall–Kier alpha value is -1.32. The Kier molecular flexibility index (Phi) is 3.49. The van der Waals surface area contributed by atoms with Gasteiger partial charge in [0.15, 0.2) is 0 Å². The van der Waals surface area contributed by atoms with Gasteiger partial charge in [0.05, 0.1) is 6.61 Å². The Balaban J connectivity index is 2.31. The zero-order valence-electron chi connectivity index (χ0n) is 7.58. The van der Waals surface area contributed by atoms with Crippen LogP contribution < -0.4 is 5.32 Å². The zero-order valence-corrected chi connectivity index (χ0v) is 7.58. The number of esters is 1. The number of nitrogens with one attached hydrogen (secondary N) is 1. The first-order valence-corrected chi connectivity index (χ1v) is 4.31. The maximum Gasteiger partial charge on any atom is 0.328 e. The highest BCUT2D eigenvalue weighted by Crippen LogP contribution is 2.05. The normalized spacial score (nSPS) is 21.9. The van der Waals surface area contributed by atoms with Gasteiger partial charge >= 0.3 is 5.97 Å². The zero-order chi connectivity index (χ0) is 9.68. The van der Waals surface area contributed by atoms with Crippen LogP contribution in [0.4, 0.5) is 0 Å². The van der Waals surface area contributed by atoms with Gasteiger partial charge in [-0.25, -0.2) is 4.79 Å². The fraction of sp³-hybridized carbons (Fsp3) is 0.556. The lowest BCUT2D eigenvalue weighted by atomic mass is 10.2. The maximum absolute atomic E-state index is 11.1. The number of ether oxygens (including phenoxy) is 1. The van der Waals surface area contributed by atoms with Crippen molar-refractivity contribution in [2.45, 2.75) is 25.8 Å². The smallest absolute Gasteiger partial charge is 0.328 e. The number of carbonyl (C=O) groups excluding carboxylic acids is 2. The third kappa shape index (κ3) is 2.89. The molecule has 0 radical (unpaired) electrons. The summed E-state index contributed by atoms with van der Waals surface area (Å²) in [7, 11) is 0. The fourth-order valence-electron chi connectivity index (χ4n) is 1.11. The molecule has 4 nitrogen and oxygen atoms in total. The molecule has 0 aromatic rings. The summed E-state index contributed by atoms with van der Waals surface area (Å²) in [5.41, 5.74) is 0. The number of cyclic esters (lactones) is 1. The van der Waals surface area contributed by atoms with Gasteiger partial charge in [0.25, 0.3) is 0 Å². The highest BCUT2D eigenvalue weighted by molar-refractivity contribution is 5.85. The van der Waals surface area contributed by atoms with Crippen LogP contribution in [0.5, 0.6) is 0 Å². The number of allylic oxidation sites excluding steroid dienone is 1. The molecule has 1 saturated heterocycles. The standard InChI is InChI=1S/C9H13NO3/c1-2-3-4-8(11)10-7-5-6-13-9(7)12/h2-3,7H,4-6H2,1H3,(H,10,11)/b3-2+/t7-/m0/s1. The van der Waals surface area contributed by atoms with Gasteiger partial charge in [-0.1, -0.05) is 12.2 Å². The average molecular weight is 183 g/mol. The molecule has 0 aromatic carbocycles. The van der Waals surface area contributed by atoms with Crippen molar-refractivity contribution in [1.82, 2.24) is 5.32 Å². The van der Waals surface area contributed by atoms with E-state index < -0.39 is 6.04 Å². The van der Waals surface area contributed by atoms with Crippen molar-refractivity contribution < 1.29 is 14.3 Å². The fourth-order valence-corrected chi connectivity index (χ4v) is 1.11. The molecule has 0 bridgehead atoms. The minimum absolute atomic E-state index is 0.137. The largest absolute Gasteiger partial charge is 0.464 e. The molecule has 0 unspecified atom stereocenters. The lowest BCUT2D eigenvalue weighted by Crippen LogP contribution is -2.37. The highest BCUT2D eigenvalue weighted by Gasteiger charge is 2.27. The maximum atomic E-state index is 11.1. The van der Waals surface area contributed by atoms with Gasteiger partial charge in [0, 0.05) is 12.8 Å². The second-order valence-corrected chi connectivity index (χ2v) is 2.85. The van der Waals surface area contributed by atoms with Crippen molar-refractivity contribution in [1.29, 1.82) is 0 Å². The summed E-state index contributed by atoms with van der Waals surface area (Å²) in [5.74, 6) is -0.462. The molecule has 13 heavy (non-hydrogen) atoms. The first kappa shape index (κ1) is 9.77. The van der Waals surface area contributed by atoms with E-state index in [2.05, 4.69) is 5.32 Å². The van der Waals surface area contributed by atoms with Gasteiger partial charge in [-0.05, 0) is 6.92 Å². The predicted octanol–water partition coefficient (Wildman–Crippen LogP) is 0.384. The number of hydrogen-bond acceptors (Lipinski definition) is 3. The van der Waals surface area contributed by atoms with Crippen LogP contribution in [0.25, 0.3) is 0 Å². The molecule has 1 aliphatic heterocycles. The lowest BCUT2D eigenvalue weighted by molar-refractivity contribution is -0.141. The molecule has 1 atom stereocenters. The van der Waals surface area contributed by atoms with Crippen LogP contribution >= 0.6 is 0 Å². The van der Waals surface area contributed by atoms with E-state index >= 15 is 0 Å². The molecule has 0 saturated carbocycles. The van der Waals surface area contributed by atoms with Crippen molar-refractivity contribution in [3.8, 4) is 0 Å². The predicted molar refractivity (Wildman–Crippen MR) is 46.9 cm³/mol. The van der Waals surface area contributed by atoms with Crippen molar-refractivity contribution in [3.63, 3.8) is 0 Å². The highest BCUT2D eigenvalue weighted by atomic mass is 16.5. The van der Waals surface area contributed by atoms with Crippen LogP contribution in [0.15, 0.2) is 12.2 Å². The summed E-state index contributed by atoms with van der Waals surface area (Å²) in [6.45, 7) is 2.25. The van der Waals surface area contributed by atoms with Gasteiger partial charge in [0.1, 0.15) is 6.04 Å². The summed E-state index contributed by atoms with van der Waals surface area (Å²) in [5, 5.41) is 2.60. The van der Waals surface area contributed by atoms with E-state index in [1.807, 2.05) is 6.92 Å². The summed E-state index contributed by atoms with van der Waals surface area (Å²) in [6.07, 6.45) is 4.45. The molecule has 1 heterocycles. The van der Waals surface area contributed by atoms with Gasteiger partial charge in [-0.15, -0.1) is 0 Å². The van der Waals surface area contributed by atoms with E-state index in [4.69, 9.17) is 4.74 Å². The molecule has 72 valence electrons. The summed E-state index contributed by atoms with van der Waals surface area (Å²) in [6, 6.07) is -0.433. The molecule has 1 rings (SSSR count). The van der Waals surface area contributed by atoms with Crippen molar-refractivity contribution in [2.24, 2.45) is 0 Å². The van der Waals surface area contributed by atoms with Crippen molar-refractivity contribution in [3.05, 3.63) is 12.2 Å². The minimum atomic E-state index is -0.433. The first-order chi connectivity index (χ1) is 6.24. The second kappa shape index (κ2) is 4.64. The topological polar surface area (TPSA) is 55.4 Å². The van der Waals surface area contributed by atoms with Gasteiger partial charge in [-0.3, -0.25) is 4.79 Å². The molecule has 0 aromatic heterocycles. The Morgan fingerprint density at radius 3 is 3.08 bits per heavy atom.